The Hall–Kier alpha value is -9.68. The van der Waals surface area contributed by atoms with E-state index in [0.29, 0.717) is 50.6 Å². The Morgan fingerprint density at radius 3 is 1.16 bits per heavy atom. The van der Waals surface area contributed by atoms with Crippen molar-refractivity contribution in [3.05, 3.63) is 310 Å². The van der Waals surface area contributed by atoms with Crippen molar-refractivity contribution in [3.63, 3.8) is 0 Å². The van der Waals surface area contributed by atoms with Crippen LogP contribution in [0.4, 0.5) is 28.7 Å². The molecule has 0 unspecified atom stereocenters. The molecule has 5 aromatic carbocycles. The molecule has 10 aromatic rings. The number of Topliss-reactive ketones (excluding diaryl/α,β-unsaturated/α-hetero) is 2. The Kier molecular flexibility index (Phi) is 55.6. The second-order valence-corrected chi connectivity index (χ2v) is 20.1. The molecule has 0 saturated carbocycles. The van der Waals surface area contributed by atoms with E-state index >= 15 is 0 Å². The Bertz CT molecular complexity index is 4150. The molecule has 10 rings (SSSR count). The standard InChI is InChI=1S/C22H18N2O3.C13H12N2O.C9H8O3.C8H9ClN2O2.C7H6ClNO.C6H4ClNO2.C6H7N.C2H7NO.CH3O.CH3.ClH.Mg.Na/c1-27-22(26)17-12-9-16(10-13-17)11-14-20(25)19-8-5-15-23-21(19)24-18-6-3-2-4-7-18;1-10(16)12-8-5-9-14-13(12)15-11-6-3-2-4-7-11;1-12-9(11)8-4-2-7(6-10)3-5-8;1-11(13-2)8(12)6-4-3-5-10-7(6)9;1-5(10)6-3-2-4-9-7(6)8;7-5-4(6(9)10)2-1-3-8-5;7-6-4-2-1-3-5-6;1-3-4-2;1-2;;;;/h2-15H,1H3,(H,23,24);2-9H,1H3,(H,14,15);2-6H,1H3;3-5H,1-2H3;2-4H,1H3;1-3H,(H,9,10);1-5H,7H2;3H,1-2H3;1H3;1H3;1H;;/q;;;;;;;;2*-1;;+2;+1/p-1/b14-11+;;;;;;;;;;;;. The maximum absolute atomic E-state index is 12.6. The van der Waals surface area contributed by atoms with Crippen molar-refractivity contribution >= 4 is 140 Å². The molecule has 0 radical (unpaired) electrons. The number of para-hydroxylation sites is 3. The topological polar surface area (TPSA) is 347 Å². The van der Waals surface area contributed by atoms with Crippen molar-refractivity contribution in [3.8, 4) is 0 Å². The fourth-order valence-electron chi connectivity index (χ4n) is 7.18. The van der Waals surface area contributed by atoms with E-state index in [0.717, 1.165) is 41.1 Å². The van der Waals surface area contributed by atoms with Crippen LogP contribution in [-0.2, 0) is 19.1 Å². The van der Waals surface area contributed by atoms with Gasteiger partial charge >= 0.3 is 70.5 Å². The zero-order valence-corrected chi connectivity index (χ0v) is 65.8. The first-order valence-electron chi connectivity index (χ1n) is 29.5. The van der Waals surface area contributed by atoms with Crippen LogP contribution in [0, 0.1) is 7.43 Å². The number of methoxy groups -OCH3 is 2. The zero-order valence-electron chi connectivity index (χ0n) is 59.4. The van der Waals surface area contributed by atoms with Gasteiger partial charge in [0.05, 0.1) is 67.4 Å². The number of hydrogen-bond donors (Lipinski definition) is 5. The minimum atomic E-state index is -1.06. The second kappa shape index (κ2) is 58.7. The summed E-state index contributed by atoms with van der Waals surface area (Å²) in [5, 5.41) is 24.5. The van der Waals surface area contributed by atoms with E-state index in [9.17, 15) is 38.4 Å². The monoisotopic (exact) mass is 1530 g/mol. The summed E-state index contributed by atoms with van der Waals surface area (Å²) < 4.78 is 9.15. The van der Waals surface area contributed by atoms with Crippen molar-refractivity contribution in [2.75, 3.05) is 66.0 Å². The Labute approximate surface area is 669 Å². The Morgan fingerprint density at radius 1 is 0.505 bits per heavy atom. The molecule has 0 spiro atoms. The van der Waals surface area contributed by atoms with Crippen LogP contribution >= 0.6 is 34.8 Å². The molecular weight excluding hydrogens is 1450 g/mol. The molecule has 0 aliphatic heterocycles. The summed E-state index contributed by atoms with van der Waals surface area (Å²) in [6.45, 7) is 3.00. The number of anilines is 5. The number of aromatic carboxylic acids is 1. The first kappa shape index (κ1) is 99.5. The number of pyridine rings is 5. The van der Waals surface area contributed by atoms with Gasteiger partial charge in [0.2, 0.25) is 0 Å². The third-order valence-electron chi connectivity index (χ3n) is 12.2. The normalized spacial score (nSPS) is 9.15. The molecule has 0 bridgehead atoms. The molecule has 5 aromatic heterocycles. The number of nitrogen functional groups attached to an aromatic ring is 1. The quantitative estimate of drug-likeness (QED) is 0.00713. The van der Waals surface area contributed by atoms with Crippen molar-refractivity contribution < 1.29 is 110 Å². The van der Waals surface area contributed by atoms with Crippen LogP contribution in [0.3, 0.4) is 0 Å². The zero-order chi connectivity index (χ0) is 74.9. The number of carboxylic acids is 1. The van der Waals surface area contributed by atoms with Crippen LogP contribution in [0.25, 0.3) is 6.08 Å². The van der Waals surface area contributed by atoms with Crippen molar-refractivity contribution in [2.45, 2.75) is 13.8 Å². The molecule has 0 aliphatic rings. The SMILES string of the molecule is CC(=O)c1cccnc1Cl.CC(=O)c1cccnc1Nc1ccccc1.CNOC.COC(=O)c1ccc(/C=C/C(=O)c2cccnc2Nc2ccccc2)cc1.COC(=O)c1ccc(C=O)cc1.CON(C)C(=O)c1cccnc1Cl.C[O-].Nc1ccccc1.O=C(O)c1cccnc1Cl.[CH3-].[Cl-].[Mg+2].[Na+]. The van der Waals surface area contributed by atoms with Gasteiger partial charge in [-0.1, -0.05) is 120 Å². The van der Waals surface area contributed by atoms with E-state index in [1.54, 1.807) is 136 Å². The number of carbonyl (C=O) groups excluding carboxylic acids is 7. The van der Waals surface area contributed by atoms with Crippen LogP contribution < -0.4 is 68.9 Å². The van der Waals surface area contributed by atoms with Crippen molar-refractivity contribution in [2.24, 2.45) is 0 Å². The number of esters is 2. The van der Waals surface area contributed by atoms with Gasteiger partial charge in [0.25, 0.3) is 5.91 Å². The average Bonchev–Trinajstić information content (AvgIpc) is 0.867. The molecule has 6 N–H and O–H groups in total. The van der Waals surface area contributed by atoms with Crippen LogP contribution in [0.2, 0.25) is 15.5 Å². The van der Waals surface area contributed by atoms with E-state index in [-0.39, 0.29) is 117 Å². The summed E-state index contributed by atoms with van der Waals surface area (Å²) in [5.74, 6) is -1.29. The summed E-state index contributed by atoms with van der Waals surface area (Å²) in [6, 6.07) is 58.2. The molecule has 0 fully saturated rings. The summed E-state index contributed by atoms with van der Waals surface area (Å²) >= 11 is 16.7. The number of aldehydes is 1. The fraction of sp³-hybridized carbons (Fsp3) is 0.120. The molecule has 0 aliphatic carbocycles. The number of carbonyl (C=O) groups is 8. The molecule has 5 heterocycles. The molecule has 0 atom stereocenters. The van der Waals surface area contributed by atoms with Gasteiger partial charge in [0, 0.05) is 67.7 Å². The first-order chi connectivity index (χ1) is 48.6. The Balaban J connectivity index is -0.00000118. The first-order valence-corrected chi connectivity index (χ1v) is 30.6. The third-order valence-corrected chi connectivity index (χ3v) is 13.1. The van der Waals surface area contributed by atoms with Crippen molar-refractivity contribution in [1.82, 2.24) is 35.5 Å². The summed E-state index contributed by atoms with van der Waals surface area (Å²) in [6.07, 6.45) is 11.7. The van der Waals surface area contributed by atoms with Crippen LogP contribution in [0.15, 0.2) is 237 Å². The number of rotatable bonds is 16. The predicted molar refractivity (Wildman–Crippen MR) is 401 cm³/mol. The molecule has 24 nitrogen and oxygen atoms in total. The number of ether oxygens (including phenoxy) is 2. The van der Waals surface area contributed by atoms with Gasteiger partial charge in [-0.25, -0.2) is 49.8 Å². The molecule has 542 valence electrons. The average molecular weight is 1530 g/mol. The van der Waals surface area contributed by atoms with E-state index < -0.39 is 17.9 Å². The van der Waals surface area contributed by atoms with E-state index in [1.165, 1.54) is 72.8 Å². The third kappa shape index (κ3) is 39.1. The van der Waals surface area contributed by atoms with Gasteiger partial charge < -0.3 is 60.7 Å². The van der Waals surface area contributed by atoms with Crippen molar-refractivity contribution in [1.29, 1.82) is 0 Å². The summed E-state index contributed by atoms with van der Waals surface area (Å²) in [4.78, 5) is 118. The van der Waals surface area contributed by atoms with Gasteiger partial charge in [0.15, 0.2) is 17.3 Å². The number of nitrogens with zero attached hydrogens (tertiary/aromatic N) is 6. The number of hydrogen-bond acceptors (Lipinski definition) is 22. The van der Waals surface area contributed by atoms with Gasteiger partial charge in [-0.2, -0.15) is 7.11 Å². The van der Waals surface area contributed by atoms with Crippen LogP contribution in [0.5, 0.6) is 0 Å². The number of benzene rings is 5. The number of aromatic nitrogens is 5. The van der Waals surface area contributed by atoms with Gasteiger partial charge in [0.1, 0.15) is 33.4 Å². The number of ketones is 3. The van der Waals surface area contributed by atoms with E-state index in [4.69, 9.17) is 55.6 Å². The number of hydroxylamine groups is 3. The summed E-state index contributed by atoms with van der Waals surface area (Å²) in [5.41, 5.74) is 14.6. The van der Waals surface area contributed by atoms with E-state index in [1.807, 2.05) is 91.0 Å². The molecule has 30 heteroatoms. The number of nitrogens with one attached hydrogen (secondary N) is 3. The minimum absolute atomic E-state index is 0. The molecule has 105 heavy (non-hydrogen) atoms. The maximum atomic E-state index is 12.6. The number of nitrogens with two attached hydrogens (primary N) is 1. The largest absolute Gasteiger partial charge is 2.00 e. The number of carboxylic acid groups (broad SMARTS) is 1. The minimum Gasteiger partial charge on any atom is -1.00 e. The molecule has 1 amide bonds. The second-order valence-electron chi connectivity index (χ2n) is 19.1. The maximum Gasteiger partial charge on any atom is 2.00 e. The predicted octanol–water partition coefficient (Wildman–Crippen LogP) is 7.65. The van der Waals surface area contributed by atoms with Gasteiger partial charge in [-0.15, -0.1) is 0 Å². The van der Waals surface area contributed by atoms with Crippen LogP contribution in [-0.4, -0.2) is 155 Å². The van der Waals surface area contributed by atoms with Crippen LogP contribution in [0.1, 0.15) is 102 Å². The Morgan fingerprint density at radius 2 is 0.848 bits per heavy atom. The number of amides is 1. The van der Waals surface area contributed by atoms with E-state index in [2.05, 4.69) is 55.3 Å². The smallest absolute Gasteiger partial charge is 1.00 e. The number of halogens is 4. The molecular formula is C75H77Cl4MgN10NaO14. The summed E-state index contributed by atoms with van der Waals surface area (Å²) in [7, 11) is 9.59. The number of allylic oxidation sites excluding steroid dienone is 1. The fourth-order valence-corrected chi connectivity index (χ4v) is 7.83. The van der Waals surface area contributed by atoms with Gasteiger partial charge in [-0.3, -0.25) is 28.8 Å². The van der Waals surface area contributed by atoms with Gasteiger partial charge in [-0.05, 0) is 147 Å². The molecule has 0 saturated heterocycles.